The number of unbranched alkanes of at least 4 members (excludes halogenated alkanes) is 4. The quantitative estimate of drug-likeness (QED) is 0.403. The topological polar surface area (TPSA) is 46.5 Å². The van der Waals surface area contributed by atoms with Gasteiger partial charge in [-0.25, -0.2) is 0 Å². The molecule has 0 saturated carbocycles. The van der Waals surface area contributed by atoms with Crippen LogP contribution in [0.15, 0.2) is 24.3 Å². The Hall–Kier alpha value is -1.97. The number of hydrogen-bond donors (Lipinski definition) is 1. The maximum absolute atomic E-state index is 10.5. The van der Waals surface area contributed by atoms with Crippen LogP contribution in [0.5, 0.6) is 0 Å². The predicted molar refractivity (Wildman–Crippen MR) is 89.8 cm³/mol. The first kappa shape index (κ1) is 20.0. The minimum atomic E-state index is -0.424. The van der Waals surface area contributed by atoms with Crippen LogP contribution in [0, 0.1) is 23.7 Å². The van der Waals surface area contributed by atoms with Crippen LogP contribution in [0.1, 0.15) is 52.4 Å². The Morgan fingerprint density at radius 1 is 1.14 bits per heavy atom. The number of aliphatic hydroxyl groups excluding tert-OH is 1. The first-order valence-corrected chi connectivity index (χ1v) is 7.81. The molecule has 0 aromatic rings. The Morgan fingerprint density at radius 2 is 1.82 bits per heavy atom. The highest BCUT2D eigenvalue weighted by Crippen LogP contribution is 2.07. The molecular weight excluding hydrogens is 276 g/mol. The van der Waals surface area contributed by atoms with Crippen molar-refractivity contribution in [2.24, 2.45) is 0 Å². The summed E-state index contributed by atoms with van der Waals surface area (Å²) in [5, 5.41) is 9.71. The summed E-state index contributed by atoms with van der Waals surface area (Å²) < 4.78 is 4.70. The van der Waals surface area contributed by atoms with Crippen LogP contribution in [0.25, 0.3) is 0 Å². The fourth-order valence-corrected chi connectivity index (χ4v) is 1.64. The Morgan fingerprint density at radius 3 is 2.50 bits per heavy atom. The molecule has 120 valence electrons. The second kappa shape index (κ2) is 15.4. The van der Waals surface area contributed by atoms with Crippen molar-refractivity contribution in [3.8, 4) is 23.7 Å². The van der Waals surface area contributed by atoms with Gasteiger partial charge in [0.15, 0.2) is 0 Å². The maximum atomic E-state index is 10.5. The number of esters is 1. The second-order valence-corrected chi connectivity index (χ2v) is 4.87. The van der Waals surface area contributed by atoms with Crippen molar-refractivity contribution in [3.63, 3.8) is 0 Å². The van der Waals surface area contributed by atoms with Gasteiger partial charge in [0, 0.05) is 6.92 Å². The fourth-order valence-electron chi connectivity index (χ4n) is 1.64. The molecule has 0 aliphatic rings. The molecule has 0 heterocycles. The molecule has 0 unspecified atom stereocenters. The average Bonchev–Trinajstić information content (AvgIpc) is 2.48. The molecule has 22 heavy (non-hydrogen) atoms. The average molecular weight is 302 g/mol. The van der Waals surface area contributed by atoms with E-state index in [-0.39, 0.29) is 12.6 Å². The van der Waals surface area contributed by atoms with Crippen molar-refractivity contribution >= 4 is 5.97 Å². The van der Waals surface area contributed by atoms with Gasteiger partial charge in [-0.15, -0.1) is 0 Å². The van der Waals surface area contributed by atoms with Gasteiger partial charge in [0.1, 0.15) is 6.61 Å². The van der Waals surface area contributed by atoms with Crippen molar-refractivity contribution in [1.82, 2.24) is 0 Å². The largest absolute Gasteiger partial charge is 0.462 e. The lowest BCUT2D eigenvalue weighted by Crippen LogP contribution is -2.01. The zero-order valence-corrected chi connectivity index (χ0v) is 13.6. The highest BCUT2D eigenvalue weighted by Gasteiger charge is 1.97. The molecule has 0 saturated heterocycles. The van der Waals surface area contributed by atoms with Crippen molar-refractivity contribution < 1.29 is 14.6 Å². The molecule has 3 nitrogen and oxygen atoms in total. The first-order valence-electron chi connectivity index (χ1n) is 7.81. The smallest absolute Gasteiger partial charge is 0.302 e. The zero-order chi connectivity index (χ0) is 16.5. The number of carbonyl (C=O) groups is 1. The fraction of sp³-hybridized carbons (Fsp3) is 0.526. The van der Waals surface area contributed by atoms with Crippen LogP contribution in [0.3, 0.4) is 0 Å². The van der Waals surface area contributed by atoms with Gasteiger partial charge >= 0.3 is 5.97 Å². The van der Waals surface area contributed by atoms with E-state index in [4.69, 9.17) is 4.74 Å². The van der Waals surface area contributed by atoms with E-state index in [1.54, 1.807) is 24.3 Å². The normalized spacial score (nSPS) is 11.6. The zero-order valence-electron chi connectivity index (χ0n) is 13.6. The van der Waals surface area contributed by atoms with Gasteiger partial charge in [-0.05, 0) is 42.6 Å². The van der Waals surface area contributed by atoms with Crippen molar-refractivity contribution in [1.29, 1.82) is 0 Å². The number of hydrogen-bond acceptors (Lipinski definition) is 3. The Bertz CT molecular complexity index is 466. The third-order valence-electron chi connectivity index (χ3n) is 2.80. The van der Waals surface area contributed by atoms with E-state index in [2.05, 4.69) is 30.6 Å². The van der Waals surface area contributed by atoms with Crippen LogP contribution in [-0.2, 0) is 9.53 Å². The van der Waals surface area contributed by atoms with Gasteiger partial charge in [0.25, 0.3) is 0 Å². The molecule has 1 atom stereocenters. The van der Waals surface area contributed by atoms with Crippen molar-refractivity contribution in [3.05, 3.63) is 24.3 Å². The maximum Gasteiger partial charge on any atom is 0.302 e. The molecule has 0 aliphatic carbocycles. The SMILES string of the molecule is CCCCCCC[C@@H](O)/C=C\C#CC#C/C=C\COC(C)=O. The number of carbonyl (C=O) groups excluding carboxylic acids is 1. The summed E-state index contributed by atoms with van der Waals surface area (Å²) in [4.78, 5) is 10.5. The van der Waals surface area contributed by atoms with Crippen molar-refractivity contribution in [2.75, 3.05) is 6.61 Å². The van der Waals surface area contributed by atoms with E-state index in [0.29, 0.717) is 0 Å². The summed E-state index contributed by atoms with van der Waals surface area (Å²) in [6.45, 7) is 3.77. The molecule has 1 N–H and O–H groups in total. The summed E-state index contributed by atoms with van der Waals surface area (Å²) in [7, 11) is 0. The van der Waals surface area contributed by atoms with Crippen molar-refractivity contribution in [2.45, 2.75) is 58.5 Å². The summed E-state index contributed by atoms with van der Waals surface area (Å²) in [5.74, 6) is 10.4. The summed E-state index contributed by atoms with van der Waals surface area (Å²) in [6.07, 6.45) is 12.9. The molecule has 0 aromatic heterocycles. The van der Waals surface area contributed by atoms with Gasteiger partial charge in [0.2, 0.25) is 0 Å². The number of aliphatic hydroxyl groups is 1. The van der Waals surface area contributed by atoms with E-state index in [1.165, 1.54) is 32.6 Å². The van der Waals surface area contributed by atoms with Crippen LogP contribution < -0.4 is 0 Å². The molecular formula is C19H26O3. The Kier molecular flexibility index (Phi) is 14.0. The van der Waals surface area contributed by atoms with Gasteiger partial charge in [-0.2, -0.15) is 0 Å². The molecule has 0 bridgehead atoms. The number of allylic oxidation sites excluding steroid dienone is 2. The van der Waals surface area contributed by atoms with Gasteiger partial charge in [-0.3, -0.25) is 4.79 Å². The summed E-state index contributed by atoms with van der Waals surface area (Å²) in [5.41, 5.74) is 0. The molecule has 0 aromatic carbocycles. The molecule has 0 rings (SSSR count). The third kappa shape index (κ3) is 16.1. The van der Waals surface area contributed by atoms with E-state index in [0.717, 1.165) is 12.8 Å². The molecule has 0 amide bonds. The van der Waals surface area contributed by atoms with Gasteiger partial charge in [0.05, 0.1) is 6.10 Å². The minimum Gasteiger partial charge on any atom is -0.462 e. The van der Waals surface area contributed by atoms with Crippen LogP contribution in [0.2, 0.25) is 0 Å². The van der Waals surface area contributed by atoms with Gasteiger partial charge in [-0.1, -0.05) is 50.9 Å². The lowest BCUT2D eigenvalue weighted by molar-refractivity contribution is -0.139. The molecule has 3 heteroatoms. The molecule has 0 fully saturated rings. The van der Waals surface area contributed by atoms with Crippen LogP contribution in [0.4, 0.5) is 0 Å². The summed E-state index contributed by atoms with van der Waals surface area (Å²) >= 11 is 0. The predicted octanol–water partition coefficient (Wildman–Crippen LogP) is 3.39. The lowest BCUT2D eigenvalue weighted by Gasteiger charge is -2.03. The number of rotatable bonds is 9. The molecule has 0 spiro atoms. The lowest BCUT2D eigenvalue weighted by atomic mass is 10.1. The summed E-state index contributed by atoms with van der Waals surface area (Å²) in [6, 6.07) is 0. The van der Waals surface area contributed by atoms with E-state index in [1.807, 2.05) is 0 Å². The van der Waals surface area contributed by atoms with Crippen LogP contribution >= 0.6 is 0 Å². The van der Waals surface area contributed by atoms with E-state index >= 15 is 0 Å². The Labute approximate surface area is 134 Å². The third-order valence-corrected chi connectivity index (χ3v) is 2.80. The van der Waals surface area contributed by atoms with E-state index < -0.39 is 6.10 Å². The van der Waals surface area contributed by atoms with Crippen LogP contribution in [-0.4, -0.2) is 23.8 Å². The Balaban J connectivity index is 3.77. The highest BCUT2D eigenvalue weighted by molar-refractivity contribution is 5.66. The van der Waals surface area contributed by atoms with Gasteiger partial charge < -0.3 is 9.84 Å². The molecule has 0 radical (unpaired) electrons. The minimum absolute atomic E-state index is 0.224. The monoisotopic (exact) mass is 302 g/mol. The first-order chi connectivity index (χ1) is 10.7. The second-order valence-electron chi connectivity index (χ2n) is 4.87. The molecule has 0 aliphatic heterocycles. The van der Waals surface area contributed by atoms with E-state index in [9.17, 15) is 9.90 Å². The highest BCUT2D eigenvalue weighted by atomic mass is 16.5. The standard InChI is InChI=1S/C19H26O3/c1-3-4-5-9-12-15-19(21)16-13-10-7-6-8-11-14-17-22-18(2)20/h11,13-14,16,19,21H,3-5,9,12,15,17H2,1-2H3/b14-11-,16-13-/t19-/m1/s1. The number of ether oxygens (including phenoxy) is 1.